The Bertz CT molecular complexity index is 610. The van der Waals surface area contributed by atoms with Gasteiger partial charge < -0.3 is 10.6 Å². The second kappa shape index (κ2) is 7.18. The Labute approximate surface area is 130 Å². The Morgan fingerprint density at radius 1 is 1.10 bits per heavy atom. The Morgan fingerprint density at radius 3 is 2.43 bits per heavy atom. The highest BCUT2D eigenvalue weighted by molar-refractivity contribution is 7.98. The largest absolute Gasteiger partial charge is 0.374 e. The minimum absolute atomic E-state index is 0.0444. The van der Waals surface area contributed by atoms with Crippen LogP contribution in [-0.2, 0) is 4.79 Å². The minimum atomic E-state index is -0.303. The molecule has 0 heterocycles. The number of hydrogen-bond acceptors (Lipinski definition) is 3. The van der Waals surface area contributed by atoms with E-state index in [-0.39, 0.29) is 11.9 Å². The number of carbonyl (C=O) groups is 1. The first-order valence-corrected chi connectivity index (χ1v) is 8.09. The number of aryl methyl sites for hydroxylation is 1. The fraction of sp³-hybridized carbons (Fsp3) is 0.235. The molecule has 0 aliphatic carbocycles. The van der Waals surface area contributed by atoms with Gasteiger partial charge in [-0.15, -0.1) is 11.8 Å². The fourth-order valence-corrected chi connectivity index (χ4v) is 2.51. The molecule has 1 atom stereocenters. The molecule has 0 aliphatic rings. The molecule has 3 nitrogen and oxygen atoms in total. The second-order valence-corrected chi connectivity index (χ2v) is 5.77. The molecular weight excluding hydrogens is 280 g/mol. The van der Waals surface area contributed by atoms with Gasteiger partial charge in [-0.1, -0.05) is 29.8 Å². The Kier molecular flexibility index (Phi) is 5.28. The monoisotopic (exact) mass is 300 g/mol. The zero-order valence-corrected chi connectivity index (χ0v) is 13.3. The molecule has 2 aromatic rings. The molecule has 1 amide bonds. The number of thioether (sulfide) groups is 1. The molecule has 110 valence electrons. The molecule has 4 heteroatoms. The maximum Gasteiger partial charge on any atom is 0.246 e. The summed E-state index contributed by atoms with van der Waals surface area (Å²) >= 11 is 1.62. The standard InChI is InChI=1S/C17H20N2OS/c1-12-8-10-14(11-9-12)18-13(2)17(20)19-15-6-4-5-7-16(15)21-3/h4-11,13,18H,1-3H3,(H,19,20)/t13-/m1/s1. The van der Waals surface area contributed by atoms with Gasteiger partial charge in [0.15, 0.2) is 0 Å². The summed E-state index contributed by atoms with van der Waals surface area (Å²) in [6, 6.07) is 15.5. The molecule has 0 fully saturated rings. The summed E-state index contributed by atoms with van der Waals surface area (Å²) in [5.74, 6) is -0.0444. The number of amides is 1. The predicted molar refractivity (Wildman–Crippen MR) is 91.1 cm³/mol. The first kappa shape index (κ1) is 15.4. The van der Waals surface area contributed by atoms with E-state index in [2.05, 4.69) is 10.6 Å². The number of carbonyl (C=O) groups excluding carboxylic acids is 1. The molecule has 2 N–H and O–H groups in total. The van der Waals surface area contributed by atoms with Crippen molar-refractivity contribution in [1.82, 2.24) is 0 Å². The van der Waals surface area contributed by atoms with Crippen LogP contribution < -0.4 is 10.6 Å². The van der Waals surface area contributed by atoms with Crippen molar-refractivity contribution in [1.29, 1.82) is 0 Å². The van der Waals surface area contributed by atoms with Gasteiger partial charge in [0.25, 0.3) is 0 Å². The van der Waals surface area contributed by atoms with Crippen LogP contribution in [0.4, 0.5) is 11.4 Å². The summed E-state index contributed by atoms with van der Waals surface area (Å²) < 4.78 is 0. The van der Waals surface area contributed by atoms with Gasteiger partial charge in [0.05, 0.1) is 5.69 Å². The summed E-state index contributed by atoms with van der Waals surface area (Å²) in [6.45, 7) is 3.90. The van der Waals surface area contributed by atoms with Crippen LogP contribution in [0.25, 0.3) is 0 Å². The zero-order valence-electron chi connectivity index (χ0n) is 12.5. The molecule has 0 bridgehead atoms. The van der Waals surface area contributed by atoms with Crippen molar-refractivity contribution in [3.63, 3.8) is 0 Å². The topological polar surface area (TPSA) is 41.1 Å². The van der Waals surface area contributed by atoms with Gasteiger partial charge in [-0.05, 0) is 44.4 Å². The van der Waals surface area contributed by atoms with Crippen LogP contribution in [0.3, 0.4) is 0 Å². The molecule has 0 saturated carbocycles. The average Bonchev–Trinajstić information content (AvgIpc) is 2.50. The summed E-state index contributed by atoms with van der Waals surface area (Å²) in [6.07, 6.45) is 2.00. The fourth-order valence-electron chi connectivity index (χ4n) is 1.95. The van der Waals surface area contributed by atoms with Crippen LogP contribution in [-0.4, -0.2) is 18.2 Å². The summed E-state index contributed by atoms with van der Waals surface area (Å²) in [5, 5.41) is 6.18. The smallest absolute Gasteiger partial charge is 0.246 e. The number of nitrogens with one attached hydrogen (secondary N) is 2. The van der Waals surface area contributed by atoms with E-state index in [0.717, 1.165) is 16.3 Å². The van der Waals surface area contributed by atoms with Crippen LogP contribution in [0.2, 0.25) is 0 Å². The SMILES string of the molecule is CSc1ccccc1NC(=O)[C@@H](C)Nc1ccc(C)cc1. The van der Waals surface area contributed by atoms with Crippen molar-refractivity contribution >= 4 is 29.0 Å². The molecule has 2 aromatic carbocycles. The third-order valence-electron chi connectivity index (χ3n) is 3.19. The average molecular weight is 300 g/mol. The van der Waals surface area contributed by atoms with Crippen molar-refractivity contribution < 1.29 is 4.79 Å². The quantitative estimate of drug-likeness (QED) is 0.815. The lowest BCUT2D eigenvalue weighted by Crippen LogP contribution is -2.32. The first-order chi connectivity index (χ1) is 10.1. The molecule has 0 spiro atoms. The van der Waals surface area contributed by atoms with Gasteiger partial charge in [0.2, 0.25) is 5.91 Å². The summed E-state index contributed by atoms with van der Waals surface area (Å²) in [7, 11) is 0. The highest BCUT2D eigenvalue weighted by Gasteiger charge is 2.14. The first-order valence-electron chi connectivity index (χ1n) is 6.87. The van der Waals surface area contributed by atoms with Gasteiger partial charge in [-0.25, -0.2) is 0 Å². The third kappa shape index (κ3) is 4.26. The van der Waals surface area contributed by atoms with E-state index in [1.54, 1.807) is 11.8 Å². The Hall–Kier alpha value is -1.94. The molecule has 2 rings (SSSR count). The highest BCUT2D eigenvalue weighted by atomic mass is 32.2. The lowest BCUT2D eigenvalue weighted by molar-refractivity contribution is -0.116. The van der Waals surface area contributed by atoms with Crippen molar-refractivity contribution in [2.75, 3.05) is 16.9 Å². The number of para-hydroxylation sites is 1. The van der Waals surface area contributed by atoms with E-state index in [9.17, 15) is 4.79 Å². The minimum Gasteiger partial charge on any atom is -0.374 e. The molecular formula is C17H20N2OS. The Balaban J connectivity index is 2.01. The van der Waals surface area contributed by atoms with Gasteiger partial charge in [0, 0.05) is 10.6 Å². The number of anilines is 2. The molecule has 0 aliphatic heterocycles. The second-order valence-electron chi connectivity index (χ2n) is 4.92. The normalized spacial score (nSPS) is 11.8. The van der Waals surface area contributed by atoms with E-state index in [0.29, 0.717) is 0 Å². The van der Waals surface area contributed by atoms with E-state index >= 15 is 0 Å². The van der Waals surface area contributed by atoms with E-state index in [1.165, 1.54) is 5.56 Å². The molecule has 0 unspecified atom stereocenters. The Morgan fingerprint density at radius 2 is 1.76 bits per heavy atom. The van der Waals surface area contributed by atoms with Gasteiger partial charge in [0.1, 0.15) is 6.04 Å². The van der Waals surface area contributed by atoms with Crippen LogP contribution >= 0.6 is 11.8 Å². The van der Waals surface area contributed by atoms with E-state index < -0.39 is 0 Å². The van der Waals surface area contributed by atoms with E-state index in [1.807, 2.05) is 68.6 Å². The van der Waals surface area contributed by atoms with Crippen molar-refractivity contribution in [2.24, 2.45) is 0 Å². The highest BCUT2D eigenvalue weighted by Crippen LogP contribution is 2.24. The summed E-state index contributed by atoms with van der Waals surface area (Å²) in [5.41, 5.74) is 3.00. The maximum atomic E-state index is 12.3. The van der Waals surface area contributed by atoms with Gasteiger partial charge >= 0.3 is 0 Å². The maximum absolute atomic E-state index is 12.3. The van der Waals surface area contributed by atoms with Crippen LogP contribution in [0.1, 0.15) is 12.5 Å². The summed E-state index contributed by atoms with van der Waals surface area (Å²) in [4.78, 5) is 13.3. The van der Waals surface area contributed by atoms with Crippen LogP contribution in [0.15, 0.2) is 53.4 Å². The van der Waals surface area contributed by atoms with Crippen molar-refractivity contribution in [3.8, 4) is 0 Å². The van der Waals surface area contributed by atoms with Crippen molar-refractivity contribution in [3.05, 3.63) is 54.1 Å². The predicted octanol–water partition coefficient (Wildman–Crippen LogP) is 4.16. The number of hydrogen-bond donors (Lipinski definition) is 2. The number of benzene rings is 2. The van der Waals surface area contributed by atoms with Gasteiger partial charge in [-0.2, -0.15) is 0 Å². The molecule has 21 heavy (non-hydrogen) atoms. The van der Waals surface area contributed by atoms with Crippen molar-refractivity contribution in [2.45, 2.75) is 24.8 Å². The van der Waals surface area contributed by atoms with E-state index in [4.69, 9.17) is 0 Å². The third-order valence-corrected chi connectivity index (χ3v) is 3.99. The molecule has 0 radical (unpaired) electrons. The number of rotatable bonds is 5. The molecule has 0 saturated heterocycles. The van der Waals surface area contributed by atoms with Crippen LogP contribution in [0.5, 0.6) is 0 Å². The van der Waals surface area contributed by atoms with Crippen LogP contribution in [0, 0.1) is 6.92 Å². The molecule has 0 aromatic heterocycles. The van der Waals surface area contributed by atoms with Gasteiger partial charge in [-0.3, -0.25) is 4.79 Å². The zero-order chi connectivity index (χ0) is 15.2. The lowest BCUT2D eigenvalue weighted by Gasteiger charge is -2.16. The lowest BCUT2D eigenvalue weighted by atomic mass is 10.2.